The van der Waals surface area contributed by atoms with Gasteiger partial charge in [-0.2, -0.15) is 0 Å². The molecular formula is C17H15ClFNO3. The van der Waals surface area contributed by atoms with Crippen LogP contribution in [0, 0.1) is 5.82 Å². The van der Waals surface area contributed by atoms with Crippen LogP contribution in [-0.2, 0) is 20.7 Å². The zero-order valence-electron chi connectivity index (χ0n) is 12.4. The van der Waals surface area contributed by atoms with E-state index in [9.17, 15) is 14.0 Å². The van der Waals surface area contributed by atoms with Gasteiger partial charge in [0.2, 0.25) is 0 Å². The van der Waals surface area contributed by atoms with Crippen LogP contribution in [0.5, 0.6) is 0 Å². The molecule has 1 atom stereocenters. The lowest BCUT2D eigenvalue weighted by molar-refractivity contribution is -0.152. The van der Waals surface area contributed by atoms with Gasteiger partial charge in [0.05, 0.1) is 6.42 Å². The van der Waals surface area contributed by atoms with Crippen LogP contribution >= 0.6 is 11.6 Å². The maximum atomic E-state index is 12.8. The lowest BCUT2D eigenvalue weighted by Gasteiger charge is -2.13. The molecule has 0 saturated carbocycles. The number of amides is 1. The summed E-state index contributed by atoms with van der Waals surface area (Å²) in [6.45, 7) is 1.48. The van der Waals surface area contributed by atoms with E-state index >= 15 is 0 Å². The van der Waals surface area contributed by atoms with Crippen molar-refractivity contribution in [3.8, 4) is 0 Å². The summed E-state index contributed by atoms with van der Waals surface area (Å²) < 4.78 is 17.9. The van der Waals surface area contributed by atoms with Crippen LogP contribution in [-0.4, -0.2) is 18.0 Å². The Bertz CT molecular complexity index is 686. The molecule has 2 rings (SSSR count). The molecule has 120 valence electrons. The third-order valence-corrected chi connectivity index (χ3v) is 3.30. The third-order valence-electron chi connectivity index (χ3n) is 3.05. The summed E-state index contributed by atoms with van der Waals surface area (Å²) in [6.07, 6.45) is -0.975. The maximum Gasteiger partial charge on any atom is 0.311 e. The van der Waals surface area contributed by atoms with Gasteiger partial charge in [-0.15, -0.1) is 0 Å². The van der Waals surface area contributed by atoms with Gasteiger partial charge in [0.25, 0.3) is 5.91 Å². The average Bonchev–Trinajstić information content (AvgIpc) is 2.51. The van der Waals surface area contributed by atoms with Gasteiger partial charge in [-0.05, 0) is 48.9 Å². The Morgan fingerprint density at radius 1 is 1.13 bits per heavy atom. The molecule has 1 N–H and O–H groups in total. The molecule has 0 aliphatic carbocycles. The first-order valence-electron chi connectivity index (χ1n) is 6.94. The molecule has 0 heterocycles. The molecule has 0 aliphatic rings. The number of anilines is 1. The molecule has 23 heavy (non-hydrogen) atoms. The molecule has 0 aliphatic heterocycles. The molecule has 1 amide bonds. The Kier molecular flexibility index (Phi) is 5.71. The van der Waals surface area contributed by atoms with Crippen molar-refractivity contribution >= 4 is 29.2 Å². The molecule has 2 aromatic rings. The molecule has 4 nitrogen and oxygen atoms in total. The van der Waals surface area contributed by atoms with Crippen LogP contribution in [0.2, 0.25) is 5.02 Å². The van der Waals surface area contributed by atoms with Crippen molar-refractivity contribution < 1.29 is 18.7 Å². The van der Waals surface area contributed by atoms with E-state index in [1.54, 1.807) is 24.3 Å². The quantitative estimate of drug-likeness (QED) is 0.849. The molecule has 0 aromatic heterocycles. The highest BCUT2D eigenvalue weighted by molar-refractivity contribution is 6.30. The third kappa shape index (κ3) is 5.38. The van der Waals surface area contributed by atoms with E-state index in [0.29, 0.717) is 16.3 Å². The van der Waals surface area contributed by atoms with Crippen LogP contribution in [0.4, 0.5) is 10.1 Å². The van der Waals surface area contributed by atoms with Gasteiger partial charge in [-0.3, -0.25) is 9.59 Å². The van der Waals surface area contributed by atoms with Gasteiger partial charge in [-0.1, -0.05) is 23.7 Å². The van der Waals surface area contributed by atoms with Gasteiger partial charge in [0.15, 0.2) is 6.10 Å². The van der Waals surface area contributed by atoms with Crippen molar-refractivity contribution in [2.24, 2.45) is 0 Å². The summed E-state index contributed by atoms with van der Waals surface area (Å²) in [5.41, 5.74) is 1.17. The second kappa shape index (κ2) is 7.74. The number of hydrogen-bond donors (Lipinski definition) is 1. The summed E-state index contributed by atoms with van der Waals surface area (Å²) in [5.74, 6) is -1.38. The highest BCUT2D eigenvalue weighted by Crippen LogP contribution is 2.14. The van der Waals surface area contributed by atoms with Gasteiger partial charge in [-0.25, -0.2) is 4.39 Å². The molecule has 0 bridgehead atoms. The Balaban J connectivity index is 1.86. The number of rotatable bonds is 5. The molecule has 2 aromatic carbocycles. The lowest BCUT2D eigenvalue weighted by Crippen LogP contribution is -2.30. The minimum Gasteiger partial charge on any atom is -0.452 e. The van der Waals surface area contributed by atoms with Crippen LogP contribution < -0.4 is 5.32 Å². The van der Waals surface area contributed by atoms with E-state index in [4.69, 9.17) is 16.3 Å². The average molecular weight is 336 g/mol. The molecule has 0 spiro atoms. The topological polar surface area (TPSA) is 55.4 Å². The summed E-state index contributed by atoms with van der Waals surface area (Å²) in [5, 5.41) is 3.18. The number of benzene rings is 2. The minimum absolute atomic E-state index is 0.0289. The zero-order chi connectivity index (χ0) is 16.8. The van der Waals surface area contributed by atoms with Crippen molar-refractivity contribution in [1.29, 1.82) is 0 Å². The first kappa shape index (κ1) is 17.0. The first-order chi connectivity index (χ1) is 10.9. The van der Waals surface area contributed by atoms with Crippen molar-refractivity contribution in [1.82, 2.24) is 0 Å². The maximum absolute atomic E-state index is 12.8. The second-order valence-corrected chi connectivity index (χ2v) is 5.37. The Hall–Kier alpha value is -2.40. The smallest absolute Gasteiger partial charge is 0.311 e. The van der Waals surface area contributed by atoms with Gasteiger partial charge >= 0.3 is 5.97 Å². The summed E-state index contributed by atoms with van der Waals surface area (Å²) in [7, 11) is 0. The standard InChI is InChI=1S/C17H15ClFNO3/c1-11(17(22)20-15-8-4-13(18)5-9-15)23-16(21)10-12-2-6-14(19)7-3-12/h2-9,11H,10H2,1H3,(H,20,22)/t11-/m1/s1. The zero-order valence-corrected chi connectivity index (χ0v) is 13.1. The van der Waals surface area contributed by atoms with Crippen molar-refractivity contribution in [3.05, 3.63) is 64.9 Å². The predicted molar refractivity (Wildman–Crippen MR) is 85.7 cm³/mol. The van der Waals surface area contributed by atoms with Crippen LogP contribution in [0.3, 0.4) is 0 Å². The highest BCUT2D eigenvalue weighted by atomic mass is 35.5. The molecule has 0 radical (unpaired) electrons. The Labute approximate surface area is 138 Å². The van der Waals surface area contributed by atoms with E-state index in [0.717, 1.165) is 0 Å². The van der Waals surface area contributed by atoms with Crippen molar-refractivity contribution in [3.63, 3.8) is 0 Å². The summed E-state index contributed by atoms with van der Waals surface area (Å²) >= 11 is 5.76. The predicted octanol–water partition coefficient (Wildman–Crippen LogP) is 3.59. The molecule has 0 unspecified atom stereocenters. The number of esters is 1. The molecule has 6 heteroatoms. The second-order valence-electron chi connectivity index (χ2n) is 4.93. The lowest BCUT2D eigenvalue weighted by atomic mass is 10.1. The largest absolute Gasteiger partial charge is 0.452 e. The van der Waals surface area contributed by atoms with Crippen molar-refractivity contribution in [2.75, 3.05) is 5.32 Å². The highest BCUT2D eigenvalue weighted by Gasteiger charge is 2.18. The molecular weight excluding hydrogens is 321 g/mol. The Morgan fingerprint density at radius 3 is 2.35 bits per heavy atom. The number of nitrogens with one attached hydrogen (secondary N) is 1. The fourth-order valence-electron chi connectivity index (χ4n) is 1.84. The van der Waals surface area contributed by atoms with Gasteiger partial charge in [0.1, 0.15) is 5.82 Å². The summed E-state index contributed by atoms with van der Waals surface area (Å²) in [6, 6.07) is 12.1. The molecule has 0 saturated heterocycles. The van der Waals surface area contributed by atoms with Crippen LogP contribution in [0.1, 0.15) is 12.5 Å². The monoisotopic (exact) mass is 335 g/mol. The minimum atomic E-state index is -0.946. The fourth-order valence-corrected chi connectivity index (χ4v) is 1.96. The van der Waals surface area contributed by atoms with E-state index in [1.807, 2.05) is 0 Å². The Morgan fingerprint density at radius 2 is 1.74 bits per heavy atom. The van der Waals surface area contributed by atoms with Gasteiger partial charge in [0, 0.05) is 10.7 Å². The summed E-state index contributed by atoms with van der Waals surface area (Å²) in [4.78, 5) is 23.8. The van der Waals surface area contributed by atoms with Crippen molar-refractivity contribution in [2.45, 2.75) is 19.4 Å². The van der Waals surface area contributed by atoms with Crippen LogP contribution in [0.25, 0.3) is 0 Å². The van der Waals surface area contributed by atoms with Crippen LogP contribution in [0.15, 0.2) is 48.5 Å². The van der Waals surface area contributed by atoms with E-state index < -0.39 is 18.0 Å². The normalized spacial score (nSPS) is 11.6. The van der Waals surface area contributed by atoms with E-state index in [1.165, 1.54) is 31.2 Å². The number of hydrogen-bond acceptors (Lipinski definition) is 3. The first-order valence-corrected chi connectivity index (χ1v) is 7.32. The van der Waals surface area contributed by atoms with E-state index in [-0.39, 0.29) is 12.2 Å². The van der Waals surface area contributed by atoms with E-state index in [2.05, 4.69) is 5.32 Å². The number of halogens is 2. The number of carbonyl (C=O) groups is 2. The SMILES string of the molecule is C[C@@H](OC(=O)Cc1ccc(F)cc1)C(=O)Nc1ccc(Cl)cc1. The number of ether oxygens (including phenoxy) is 1. The molecule has 0 fully saturated rings. The fraction of sp³-hybridized carbons (Fsp3) is 0.176. The van der Waals surface area contributed by atoms with Gasteiger partial charge < -0.3 is 10.1 Å². The number of carbonyl (C=O) groups excluding carboxylic acids is 2.